The minimum atomic E-state index is -1.09. The number of aliphatic hydroxyl groups is 1. The normalized spacial score (nSPS) is 25.3. The van der Waals surface area contributed by atoms with Gasteiger partial charge in [0.2, 0.25) is 0 Å². The molecule has 6 heteroatoms. The Labute approximate surface area is 151 Å². The molecule has 2 aromatic carbocycles. The summed E-state index contributed by atoms with van der Waals surface area (Å²) in [6.07, 6.45) is -3.33. The predicted octanol–water partition coefficient (Wildman–Crippen LogP) is 2.56. The molecule has 136 valence electrons. The van der Waals surface area contributed by atoms with Crippen molar-refractivity contribution in [2.45, 2.75) is 37.9 Å². The SMILES string of the molecule is C[C@H]1O[C@H](O)C[C@H](OC(=O)c2ccccc2)[C@@H]1OC(=O)c1ccccc1. The van der Waals surface area contributed by atoms with E-state index in [9.17, 15) is 14.7 Å². The largest absolute Gasteiger partial charge is 0.455 e. The number of carbonyl (C=O) groups is 2. The van der Waals surface area contributed by atoms with Gasteiger partial charge in [0.05, 0.1) is 17.2 Å². The molecule has 3 rings (SSSR count). The summed E-state index contributed by atoms with van der Waals surface area (Å²) in [6, 6.07) is 17.0. The van der Waals surface area contributed by atoms with Gasteiger partial charge in [-0.2, -0.15) is 0 Å². The molecule has 1 N–H and O–H groups in total. The van der Waals surface area contributed by atoms with E-state index in [0.717, 1.165) is 0 Å². The van der Waals surface area contributed by atoms with E-state index in [1.165, 1.54) is 0 Å². The van der Waals surface area contributed by atoms with Gasteiger partial charge in [-0.3, -0.25) is 0 Å². The van der Waals surface area contributed by atoms with Crippen LogP contribution in [0.5, 0.6) is 0 Å². The van der Waals surface area contributed by atoms with E-state index in [0.29, 0.717) is 11.1 Å². The van der Waals surface area contributed by atoms with Crippen LogP contribution in [0.4, 0.5) is 0 Å². The van der Waals surface area contributed by atoms with Gasteiger partial charge in [-0.25, -0.2) is 9.59 Å². The van der Waals surface area contributed by atoms with Crippen LogP contribution in [-0.2, 0) is 14.2 Å². The molecular formula is C20H20O6. The first-order valence-corrected chi connectivity index (χ1v) is 8.40. The van der Waals surface area contributed by atoms with Crippen LogP contribution in [0.1, 0.15) is 34.1 Å². The van der Waals surface area contributed by atoms with Gasteiger partial charge in [-0.1, -0.05) is 36.4 Å². The van der Waals surface area contributed by atoms with Crippen LogP contribution in [0.3, 0.4) is 0 Å². The van der Waals surface area contributed by atoms with E-state index >= 15 is 0 Å². The second-order valence-electron chi connectivity index (χ2n) is 6.08. The van der Waals surface area contributed by atoms with Crippen molar-refractivity contribution in [3.05, 3.63) is 71.8 Å². The molecule has 1 heterocycles. The van der Waals surface area contributed by atoms with Crippen molar-refractivity contribution in [2.24, 2.45) is 0 Å². The number of aliphatic hydroxyl groups excluding tert-OH is 1. The molecule has 0 bridgehead atoms. The summed E-state index contributed by atoms with van der Waals surface area (Å²) >= 11 is 0. The monoisotopic (exact) mass is 356 g/mol. The number of benzene rings is 2. The molecule has 1 aliphatic heterocycles. The molecule has 0 saturated carbocycles. The van der Waals surface area contributed by atoms with E-state index in [1.54, 1.807) is 67.6 Å². The summed E-state index contributed by atoms with van der Waals surface area (Å²) in [6.45, 7) is 1.66. The third-order valence-corrected chi connectivity index (χ3v) is 4.16. The average Bonchev–Trinajstić information content (AvgIpc) is 2.65. The summed E-state index contributed by atoms with van der Waals surface area (Å²) in [7, 11) is 0. The molecule has 26 heavy (non-hydrogen) atoms. The van der Waals surface area contributed by atoms with E-state index in [4.69, 9.17) is 14.2 Å². The lowest BCUT2D eigenvalue weighted by molar-refractivity contribution is -0.226. The highest BCUT2D eigenvalue weighted by atomic mass is 16.7. The van der Waals surface area contributed by atoms with Gasteiger partial charge in [0.1, 0.15) is 6.10 Å². The molecule has 0 radical (unpaired) electrons. The summed E-state index contributed by atoms with van der Waals surface area (Å²) in [5, 5.41) is 9.85. The van der Waals surface area contributed by atoms with Gasteiger partial charge in [0, 0.05) is 6.42 Å². The van der Waals surface area contributed by atoms with Gasteiger partial charge in [0.15, 0.2) is 12.4 Å². The standard InChI is InChI=1S/C20H20O6/c1-13-18(26-20(23)15-10-6-3-7-11-15)16(12-17(21)24-13)25-19(22)14-8-4-2-5-9-14/h2-11,13,16-18,21H,12H2,1H3/t13-,16+,17+,18-/m1/s1. The highest BCUT2D eigenvalue weighted by molar-refractivity contribution is 5.90. The number of hydrogen-bond donors (Lipinski definition) is 1. The number of ether oxygens (including phenoxy) is 3. The summed E-state index contributed by atoms with van der Waals surface area (Å²) in [4.78, 5) is 24.7. The Morgan fingerprint density at radius 2 is 1.42 bits per heavy atom. The Kier molecular flexibility index (Phi) is 5.65. The molecule has 4 atom stereocenters. The molecule has 0 aromatic heterocycles. The second-order valence-corrected chi connectivity index (χ2v) is 6.08. The van der Waals surface area contributed by atoms with E-state index < -0.39 is 36.5 Å². The van der Waals surface area contributed by atoms with Crippen LogP contribution in [0, 0.1) is 0 Å². The highest BCUT2D eigenvalue weighted by Gasteiger charge is 2.41. The van der Waals surface area contributed by atoms with E-state index in [-0.39, 0.29) is 6.42 Å². The Morgan fingerprint density at radius 3 is 1.96 bits per heavy atom. The van der Waals surface area contributed by atoms with Gasteiger partial charge in [-0.15, -0.1) is 0 Å². The maximum atomic E-state index is 12.4. The fourth-order valence-corrected chi connectivity index (χ4v) is 2.85. The lowest BCUT2D eigenvalue weighted by Gasteiger charge is -2.37. The molecule has 0 aliphatic carbocycles. The van der Waals surface area contributed by atoms with Crippen molar-refractivity contribution >= 4 is 11.9 Å². The number of carbonyl (C=O) groups excluding carboxylic acids is 2. The first-order chi connectivity index (χ1) is 12.5. The lowest BCUT2D eigenvalue weighted by atomic mass is 10.0. The zero-order valence-corrected chi connectivity index (χ0v) is 14.3. The van der Waals surface area contributed by atoms with Gasteiger partial charge < -0.3 is 19.3 Å². The zero-order valence-electron chi connectivity index (χ0n) is 14.3. The van der Waals surface area contributed by atoms with Crippen molar-refractivity contribution in [1.82, 2.24) is 0 Å². The third-order valence-electron chi connectivity index (χ3n) is 4.16. The van der Waals surface area contributed by atoms with Crippen molar-refractivity contribution < 1.29 is 28.9 Å². The lowest BCUT2D eigenvalue weighted by Crippen LogP contribution is -2.51. The van der Waals surface area contributed by atoms with Crippen molar-refractivity contribution in [2.75, 3.05) is 0 Å². The molecule has 1 saturated heterocycles. The van der Waals surface area contributed by atoms with Gasteiger partial charge in [-0.05, 0) is 31.2 Å². The molecule has 0 amide bonds. The van der Waals surface area contributed by atoms with Crippen LogP contribution in [0.25, 0.3) is 0 Å². The number of hydrogen-bond acceptors (Lipinski definition) is 6. The molecule has 1 fully saturated rings. The smallest absolute Gasteiger partial charge is 0.338 e. The van der Waals surface area contributed by atoms with Gasteiger partial charge >= 0.3 is 11.9 Å². The Bertz CT molecular complexity index is 745. The Hall–Kier alpha value is -2.70. The molecule has 0 unspecified atom stereocenters. The average molecular weight is 356 g/mol. The number of esters is 2. The zero-order chi connectivity index (χ0) is 18.5. The highest BCUT2D eigenvalue weighted by Crippen LogP contribution is 2.26. The predicted molar refractivity (Wildman–Crippen MR) is 92.5 cm³/mol. The molecule has 1 aliphatic rings. The summed E-state index contributed by atoms with van der Waals surface area (Å²) in [5.74, 6) is -1.08. The van der Waals surface area contributed by atoms with Crippen molar-refractivity contribution in [3.63, 3.8) is 0 Å². The minimum absolute atomic E-state index is 0.0235. The second kappa shape index (κ2) is 8.12. The molecule has 6 nitrogen and oxygen atoms in total. The quantitative estimate of drug-likeness (QED) is 0.848. The minimum Gasteiger partial charge on any atom is -0.455 e. The Morgan fingerprint density at radius 1 is 0.923 bits per heavy atom. The topological polar surface area (TPSA) is 82.1 Å². The third kappa shape index (κ3) is 4.28. The summed E-state index contributed by atoms with van der Waals surface area (Å²) < 4.78 is 16.4. The van der Waals surface area contributed by atoms with E-state index in [1.807, 2.05) is 0 Å². The van der Waals surface area contributed by atoms with Crippen molar-refractivity contribution in [3.8, 4) is 0 Å². The fraction of sp³-hybridized carbons (Fsp3) is 0.300. The summed E-state index contributed by atoms with van der Waals surface area (Å²) in [5.41, 5.74) is 0.772. The van der Waals surface area contributed by atoms with Crippen LogP contribution < -0.4 is 0 Å². The first-order valence-electron chi connectivity index (χ1n) is 8.40. The van der Waals surface area contributed by atoms with Crippen LogP contribution >= 0.6 is 0 Å². The van der Waals surface area contributed by atoms with Crippen molar-refractivity contribution in [1.29, 1.82) is 0 Å². The van der Waals surface area contributed by atoms with Crippen LogP contribution in [0.15, 0.2) is 60.7 Å². The molecular weight excluding hydrogens is 336 g/mol. The first kappa shape index (κ1) is 18.1. The number of rotatable bonds is 4. The molecule has 2 aromatic rings. The van der Waals surface area contributed by atoms with Gasteiger partial charge in [0.25, 0.3) is 0 Å². The molecule has 0 spiro atoms. The maximum absolute atomic E-state index is 12.4. The van der Waals surface area contributed by atoms with Crippen LogP contribution in [0.2, 0.25) is 0 Å². The maximum Gasteiger partial charge on any atom is 0.338 e. The van der Waals surface area contributed by atoms with E-state index in [2.05, 4.69) is 0 Å². The fourth-order valence-electron chi connectivity index (χ4n) is 2.85. The Balaban J connectivity index is 1.74. The van der Waals surface area contributed by atoms with Crippen LogP contribution in [-0.4, -0.2) is 41.6 Å².